The first-order chi connectivity index (χ1) is 14.0. The average Bonchev–Trinajstić information content (AvgIpc) is 2.78. The quantitative estimate of drug-likeness (QED) is 0.597. The van der Waals surface area contributed by atoms with Crippen LogP contribution in [0.4, 0.5) is 5.69 Å². The van der Waals surface area contributed by atoms with Gasteiger partial charge in [0.2, 0.25) is 6.41 Å². The first-order valence-corrected chi connectivity index (χ1v) is 8.95. The summed E-state index contributed by atoms with van der Waals surface area (Å²) in [7, 11) is 1.28. The van der Waals surface area contributed by atoms with Crippen molar-refractivity contribution in [2.45, 2.75) is 0 Å². The van der Waals surface area contributed by atoms with E-state index in [0.717, 1.165) is 6.41 Å². The van der Waals surface area contributed by atoms with Crippen LogP contribution in [0.25, 0.3) is 0 Å². The Labute approximate surface area is 167 Å². The molecule has 0 spiro atoms. The molecule has 9 nitrogen and oxygen atoms in total. The Morgan fingerprint density at radius 2 is 1.76 bits per heavy atom. The summed E-state index contributed by atoms with van der Waals surface area (Å²) in [5.74, 6) is -1.21. The molecule has 1 saturated heterocycles. The van der Waals surface area contributed by atoms with Crippen LogP contribution < -0.4 is 5.32 Å². The van der Waals surface area contributed by atoms with E-state index in [1.807, 2.05) is 0 Å². The maximum absolute atomic E-state index is 12.7. The Morgan fingerprint density at radius 1 is 1.03 bits per heavy atom. The third kappa shape index (κ3) is 4.75. The van der Waals surface area contributed by atoms with Crippen LogP contribution in [0.1, 0.15) is 31.1 Å². The van der Waals surface area contributed by atoms with Crippen molar-refractivity contribution in [3.8, 4) is 0 Å². The summed E-state index contributed by atoms with van der Waals surface area (Å²) in [6.07, 6.45) is 3.53. The van der Waals surface area contributed by atoms with Gasteiger partial charge in [0, 0.05) is 44.3 Å². The van der Waals surface area contributed by atoms with Gasteiger partial charge in [-0.1, -0.05) is 6.07 Å². The SMILES string of the molecule is COC(=O)c1cccc(NC(=O)c2cncc(C(=O)N3CCN(C=O)CC3)c2)c1. The number of benzene rings is 1. The van der Waals surface area contributed by atoms with Crippen LogP contribution in [0.3, 0.4) is 0 Å². The Balaban J connectivity index is 1.70. The van der Waals surface area contributed by atoms with Gasteiger partial charge in [0.05, 0.1) is 23.8 Å². The highest BCUT2D eigenvalue weighted by Gasteiger charge is 2.22. The number of anilines is 1. The van der Waals surface area contributed by atoms with Crippen LogP contribution in [0.15, 0.2) is 42.7 Å². The normalized spacial score (nSPS) is 13.6. The zero-order chi connectivity index (χ0) is 20.8. The summed E-state index contributed by atoms with van der Waals surface area (Å²) in [5.41, 5.74) is 1.23. The summed E-state index contributed by atoms with van der Waals surface area (Å²) in [6.45, 7) is 1.79. The van der Waals surface area contributed by atoms with Gasteiger partial charge in [-0.15, -0.1) is 0 Å². The number of hydrogen-bond acceptors (Lipinski definition) is 6. The number of esters is 1. The van der Waals surface area contributed by atoms with E-state index in [9.17, 15) is 19.2 Å². The predicted molar refractivity (Wildman–Crippen MR) is 104 cm³/mol. The van der Waals surface area contributed by atoms with Gasteiger partial charge in [0.1, 0.15) is 0 Å². The minimum Gasteiger partial charge on any atom is -0.465 e. The molecule has 1 aromatic carbocycles. The molecule has 2 aromatic rings. The highest BCUT2D eigenvalue weighted by Crippen LogP contribution is 2.14. The third-order valence-electron chi connectivity index (χ3n) is 4.54. The molecule has 9 heteroatoms. The van der Waals surface area contributed by atoms with Gasteiger partial charge in [-0.3, -0.25) is 19.4 Å². The largest absolute Gasteiger partial charge is 0.465 e. The molecule has 1 aliphatic heterocycles. The van der Waals surface area contributed by atoms with E-state index < -0.39 is 11.9 Å². The molecule has 0 unspecified atom stereocenters. The van der Waals surface area contributed by atoms with Crippen LogP contribution >= 0.6 is 0 Å². The summed E-state index contributed by atoms with van der Waals surface area (Å²) in [4.78, 5) is 54.9. The second kappa shape index (κ2) is 8.96. The zero-order valence-electron chi connectivity index (χ0n) is 15.8. The van der Waals surface area contributed by atoms with Crippen LogP contribution in [0, 0.1) is 0 Å². The van der Waals surface area contributed by atoms with Crippen LogP contribution in [-0.4, -0.2) is 72.3 Å². The lowest BCUT2D eigenvalue weighted by Crippen LogP contribution is -2.48. The number of hydrogen-bond donors (Lipinski definition) is 1. The van der Waals surface area contributed by atoms with E-state index in [-0.39, 0.29) is 11.5 Å². The van der Waals surface area contributed by atoms with Gasteiger partial charge in [-0.2, -0.15) is 0 Å². The molecule has 1 N–H and O–H groups in total. The molecule has 1 aliphatic rings. The fraction of sp³-hybridized carbons (Fsp3) is 0.250. The monoisotopic (exact) mass is 396 g/mol. The molecule has 1 aromatic heterocycles. The number of carbonyl (C=O) groups excluding carboxylic acids is 4. The topological polar surface area (TPSA) is 109 Å². The maximum Gasteiger partial charge on any atom is 0.337 e. The van der Waals surface area contributed by atoms with Crippen molar-refractivity contribution in [3.63, 3.8) is 0 Å². The van der Waals surface area contributed by atoms with Crippen molar-refractivity contribution in [3.05, 3.63) is 59.4 Å². The van der Waals surface area contributed by atoms with Crippen LogP contribution in [-0.2, 0) is 9.53 Å². The maximum atomic E-state index is 12.7. The molecular formula is C20H20N4O5. The van der Waals surface area contributed by atoms with Gasteiger partial charge in [0.15, 0.2) is 0 Å². The number of nitrogens with one attached hydrogen (secondary N) is 1. The molecule has 150 valence electrons. The predicted octanol–water partition coefficient (Wildman–Crippen LogP) is 1.03. The lowest BCUT2D eigenvalue weighted by molar-refractivity contribution is -0.119. The fourth-order valence-electron chi connectivity index (χ4n) is 2.94. The average molecular weight is 396 g/mol. The van der Waals surface area contributed by atoms with Crippen molar-refractivity contribution < 1.29 is 23.9 Å². The molecule has 29 heavy (non-hydrogen) atoms. The Kier molecular flexibility index (Phi) is 6.18. The van der Waals surface area contributed by atoms with Crippen molar-refractivity contribution in [1.82, 2.24) is 14.8 Å². The lowest BCUT2D eigenvalue weighted by atomic mass is 10.1. The smallest absolute Gasteiger partial charge is 0.337 e. The van der Waals surface area contributed by atoms with Crippen LogP contribution in [0.2, 0.25) is 0 Å². The number of rotatable bonds is 5. The number of ether oxygens (including phenoxy) is 1. The third-order valence-corrected chi connectivity index (χ3v) is 4.54. The van der Waals surface area contributed by atoms with E-state index in [4.69, 9.17) is 0 Å². The summed E-state index contributed by atoms with van der Waals surface area (Å²) in [5, 5.41) is 2.68. The molecule has 0 aliphatic carbocycles. The molecule has 1 fully saturated rings. The molecule has 2 heterocycles. The number of aromatic nitrogens is 1. The van der Waals surface area contributed by atoms with Gasteiger partial charge >= 0.3 is 5.97 Å². The lowest BCUT2D eigenvalue weighted by Gasteiger charge is -2.32. The summed E-state index contributed by atoms with van der Waals surface area (Å²) < 4.78 is 4.67. The van der Waals surface area contributed by atoms with E-state index in [1.165, 1.54) is 31.6 Å². The zero-order valence-corrected chi connectivity index (χ0v) is 15.8. The van der Waals surface area contributed by atoms with Crippen molar-refractivity contribution >= 4 is 29.9 Å². The highest BCUT2D eigenvalue weighted by molar-refractivity contribution is 6.06. The van der Waals surface area contributed by atoms with E-state index in [1.54, 1.807) is 28.0 Å². The fourth-order valence-corrected chi connectivity index (χ4v) is 2.94. The Hall–Kier alpha value is -3.75. The minimum atomic E-state index is -0.509. The number of amides is 3. The summed E-state index contributed by atoms with van der Waals surface area (Å²) in [6, 6.07) is 7.81. The Bertz CT molecular complexity index is 938. The van der Waals surface area contributed by atoms with E-state index >= 15 is 0 Å². The van der Waals surface area contributed by atoms with E-state index in [2.05, 4.69) is 15.0 Å². The number of nitrogens with zero attached hydrogens (tertiary/aromatic N) is 3. The number of piperazine rings is 1. The molecule has 3 rings (SSSR count). The number of carbonyl (C=O) groups is 4. The second-order valence-corrected chi connectivity index (χ2v) is 6.42. The molecule has 0 radical (unpaired) electrons. The molecular weight excluding hydrogens is 376 g/mol. The van der Waals surface area contributed by atoms with Gasteiger partial charge in [0.25, 0.3) is 11.8 Å². The summed E-state index contributed by atoms with van der Waals surface area (Å²) >= 11 is 0. The molecule has 0 bridgehead atoms. The Morgan fingerprint density at radius 3 is 2.45 bits per heavy atom. The first-order valence-electron chi connectivity index (χ1n) is 8.95. The van der Waals surface area contributed by atoms with Gasteiger partial charge < -0.3 is 19.9 Å². The van der Waals surface area contributed by atoms with Gasteiger partial charge in [-0.25, -0.2) is 4.79 Å². The highest BCUT2D eigenvalue weighted by atomic mass is 16.5. The number of pyridine rings is 1. The standard InChI is InChI=1S/C20H20N4O5/c1-29-20(28)14-3-2-4-17(10-14)22-18(26)15-9-16(12-21-11-15)19(27)24-7-5-23(13-25)6-8-24/h2-4,9-13H,5-8H2,1H3,(H,22,26). The molecule has 0 saturated carbocycles. The molecule has 3 amide bonds. The van der Waals surface area contributed by atoms with Crippen molar-refractivity contribution in [2.75, 3.05) is 38.6 Å². The number of methoxy groups -OCH3 is 1. The first kappa shape index (κ1) is 20.0. The van der Waals surface area contributed by atoms with E-state index in [0.29, 0.717) is 43.0 Å². The van der Waals surface area contributed by atoms with Gasteiger partial charge in [-0.05, 0) is 24.3 Å². The van der Waals surface area contributed by atoms with Crippen molar-refractivity contribution in [2.24, 2.45) is 0 Å². The van der Waals surface area contributed by atoms with Crippen molar-refractivity contribution in [1.29, 1.82) is 0 Å². The molecule has 0 atom stereocenters. The second-order valence-electron chi connectivity index (χ2n) is 6.42. The minimum absolute atomic E-state index is 0.214. The van der Waals surface area contributed by atoms with Crippen LogP contribution in [0.5, 0.6) is 0 Å².